The molecule has 0 bridgehead atoms. The molecule has 0 saturated carbocycles. The molecule has 0 aliphatic heterocycles. The molecular formula is C52H62FN5O25. The van der Waals surface area contributed by atoms with Crippen LogP contribution in [0.25, 0.3) is 0 Å². The van der Waals surface area contributed by atoms with Gasteiger partial charge in [0.15, 0.2) is 28.9 Å². The molecule has 30 nitrogen and oxygen atoms in total. The monoisotopic (exact) mass is 1180 g/mol. The Bertz CT molecular complexity index is 2950. The van der Waals surface area contributed by atoms with E-state index >= 15 is 0 Å². The number of ether oxygens (including phenoxy) is 10. The largest absolute Gasteiger partial charge is 0.495 e. The Hall–Kier alpha value is -10.3. The van der Waals surface area contributed by atoms with E-state index < -0.39 is 61.3 Å². The van der Waals surface area contributed by atoms with Crippen molar-refractivity contribution in [3.63, 3.8) is 0 Å². The first-order valence-corrected chi connectivity index (χ1v) is 23.3. The van der Waals surface area contributed by atoms with Crippen molar-refractivity contribution < 1.29 is 106 Å². The molecule has 0 aliphatic carbocycles. The summed E-state index contributed by atoms with van der Waals surface area (Å²) >= 11 is 0. The average molecular weight is 1180 g/mol. The third-order valence-corrected chi connectivity index (χ3v) is 10.2. The van der Waals surface area contributed by atoms with Crippen LogP contribution in [0.3, 0.4) is 0 Å². The Labute approximate surface area is 472 Å². The van der Waals surface area contributed by atoms with Crippen molar-refractivity contribution in [3.8, 4) is 28.7 Å². The van der Waals surface area contributed by atoms with Gasteiger partial charge in [0.1, 0.15) is 18.0 Å². The first-order valence-electron chi connectivity index (χ1n) is 23.3. The summed E-state index contributed by atoms with van der Waals surface area (Å²) in [5, 5.41) is 59.6. The molecule has 4 N–H and O–H groups in total. The molecule has 0 unspecified atom stereocenters. The molecule has 0 fully saturated rings. The lowest BCUT2D eigenvalue weighted by atomic mass is 9.98. The zero-order chi connectivity index (χ0) is 63.4. The van der Waals surface area contributed by atoms with Crippen LogP contribution in [-0.4, -0.2) is 144 Å². The van der Waals surface area contributed by atoms with Gasteiger partial charge in [0.05, 0.1) is 103 Å². The summed E-state index contributed by atoms with van der Waals surface area (Å²) in [6.07, 6.45) is 0.850. The van der Waals surface area contributed by atoms with Crippen LogP contribution in [-0.2, 0) is 66.9 Å². The molecule has 0 heterocycles. The molecule has 0 amide bonds. The Balaban J connectivity index is 0.000000988. The minimum Gasteiger partial charge on any atom is -0.495 e. The number of carbonyl (C=O) groups excluding carboxylic acids is 5. The number of hydrogen-bond donors (Lipinski definition) is 3. The molecule has 5 aromatic rings. The second-order valence-electron chi connectivity index (χ2n) is 15.4. The van der Waals surface area contributed by atoms with E-state index in [0.717, 1.165) is 49.6 Å². The standard InChI is InChI=1S/C12H13NO7.C10H11NO5.C9H11NO4.C9H13NO2.C7H6FNO3.C5H8O4/c1-18-9-6-7(4-5-8(9)13(16)17)10(11(14)19-2)12(15)20-3;1-15-9-5-7(6-10(12)16-2)3-4-8(9)11(13)14;1-14-9-6-7(4-5-11)2-3-8(9)10(12)13;1-12-9-6-7(4-5-11)2-3-8(9)10;1-12-7-4-5(8)2-3-6(7)9(10)11;1-8-4(6)3-5(7)9-2/h4-6,10H,1-3H3;3-5H,6H2,1-2H3;2-3,6,11H,4-5H2,1H3;2-3,6,11H,4-5,10H2,1H3;2-4H,1H3;3H2,1-2H3. The van der Waals surface area contributed by atoms with Crippen LogP contribution in [0, 0.1) is 46.3 Å². The highest BCUT2D eigenvalue weighted by atomic mass is 19.1. The van der Waals surface area contributed by atoms with E-state index in [-0.39, 0.29) is 77.4 Å². The second-order valence-corrected chi connectivity index (χ2v) is 15.4. The molecule has 0 radical (unpaired) electrons. The number of nitrogens with two attached hydrogens (primary N) is 1. The number of aliphatic hydroxyl groups excluding tert-OH is 2. The number of methoxy groups -OCH3 is 10. The molecule has 0 aromatic heterocycles. The third kappa shape index (κ3) is 25.6. The SMILES string of the molecule is COC(=O)C(C(=O)OC)c1ccc([N+](=O)[O-])c(OC)c1.COC(=O)CC(=O)OC.COC(=O)Cc1ccc([N+](=O)[O-])c(OC)c1.COc1cc(CCO)ccc1N.COc1cc(CCO)ccc1[N+](=O)[O-].COc1cc(F)ccc1[N+](=O)[O-]. The first kappa shape index (κ1) is 72.7. The maximum Gasteiger partial charge on any atom is 0.324 e. The average Bonchev–Trinajstić information content (AvgIpc) is 3.56. The molecule has 0 aliphatic rings. The Morgan fingerprint density at radius 2 is 0.795 bits per heavy atom. The summed E-state index contributed by atoms with van der Waals surface area (Å²) in [7, 11) is 12.8. The number of hydrogen-bond acceptors (Lipinski definition) is 26. The lowest BCUT2D eigenvalue weighted by Gasteiger charge is -2.13. The van der Waals surface area contributed by atoms with Crippen molar-refractivity contribution in [2.45, 2.75) is 31.6 Å². The van der Waals surface area contributed by atoms with Crippen molar-refractivity contribution in [1.29, 1.82) is 0 Å². The van der Waals surface area contributed by atoms with Crippen molar-refractivity contribution in [1.82, 2.24) is 0 Å². The van der Waals surface area contributed by atoms with E-state index in [2.05, 4.69) is 28.4 Å². The van der Waals surface area contributed by atoms with Crippen LogP contribution >= 0.6 is 0 Å². The highest BCUT2D eigenvalue weighted by Gasteiger charge is 2.32. The van der Waals surface area contributed by atoms with E-state index in [0.29, 0.717) is 29.8 Å². The number of nitrogens with zero attached hydrogens (tertiary/aromatic N) is 4. The fourth-order valence-electron chi connectivity index (χ4n) is 6.11. The van der Waals surface area contributed by atoms with Gasteiger partial charge in [0, 0.05) is 43.5 Å². The number of aliphatic hydroxyl groups is 2. The van der Waals surface area contributed by atoms with Gasteiger partial charge in [0.2, 0.25) is 0 Å². The van der Waals surface area contributed by atoms with Gasteiger partial charge in [-0.25, -0.2) is 4.39 Å². The van der Waals surface area contributed by atoms with Crippen LogP contribution in [0.2, 0.25) is 0 Å². The Morgan fingerprint density at radius 1 is 0.458 bits per heavy atom. The summed E-state index contributed by atoms with van der Waals surface area (Å²) in [4.78, 5) is 94.7. The van der Waals surface area contributed by atoms with E-state index in [4.69, 9.17) is 34.9 Å². The zero-order valence-corrected chi connectivity index (χ0v) is 46.5. The van der Waals surface area contributed by atoms with E-state index in [1.807, 2.05) is 12.1 Å². The molecule has 0 atom stereocenters. The summed E-state index contributed by atoms with van der Waals surface area (Å²) < 4.78 is 58.7. The molecule has 0 spiro atoms. The summed E-state index contributed by atoms with van der Waals surface area (Å²) in [6.45, 7) is 0.161. The second kappa shape index (κ2) is 39.1. The number of nitro groups is 4. The first-order chi connectivity index (χ1) is 39.3. The number of rotatable bonds is 20. The molecule has 5 aromatic carbocycles. The van der Waals surface area contributed by atoms with Crippen LogP contribution in [0.15, 0.2) is 91.0 Å². The van der Waals surface area contributed by atoms with Gasteiger partial charge >= 0.3 is 52.6 Å². The van der Waals surface area contributed by atoms with Gasteiger partial charge in [0.25, 0.3) is 0 Å². The summed E-state index contributed by atoms with van der Waals surface area (Å²) in [5.74, 6) is -4.21. The number of halogens is 1. The molecule has 83 heavy (non-hydrogen) atoms. The van der Waals surface area contributed by atoms with Crippen molar-refractivity contribution in [2.75, 3.05) is 90.0 Å². The predicted molar refractivity (Wildman–Crippen MR) is 289 cm³/mol. The molecule has 0 saturated heterocycles. The summed E-state index contributed by atoms with van der Waals surface area (Å²) in [6, 6.07) is 21.0. The number of nitrogen functional groups attached to an aromatic ring is 1. The normalized spacial score (nSPS) is 9.61. The number of nitro benzene ring substituents is 4. The van der Waals surface area contributed by atoms with Crippen molar-refractivity contribution in [2.24, 2.45) is 0 Å². The molecule has 452 valence electrons. The minimum absolute atomic E-state index is 0.0148. The van der Waals surface area contributed by atoms with Gasteiger partial charge in [-0.3, -0.25) is 64.4 Å². The third-order valence-electron chi connectivity index (χ3n) is 10.2. The Morgan fingerprint density at radius 3 is 1.17 bits per heavy atom. The quantitative estimate of drug-likeness (QED) is 0.0208. The topological polar surface area (TPSA) is 417 Å². The maximum absolute atomic E-state index is 12.5. The number of carbonyl (C=O) groups is 5. The fourth-order valence-corrected chi connectivity index (χ4v) is 6.11. The lowest BCUT2D eigenvalue weighted by Crippen LogP contribution is -2.24. The molecule has 31 heteroatoms. The van der Waals surface area contributed by atoms with Crippen molar-refractivity contribution >= 4 is 58.3 Å². The summed E-state index contributed by atoms with van der Waals surface area (Å²) in [5.41, 5.74) is 8.17. The van der Waals surface area contributed by atoms with Gasteiger partial charge < -0.3 is 63.3 Å². The van der Waals surface area contributed by atoms with Gasteiger partial charge in [-0.05, 0) is 71.5 Å². The highest BCUT2D eigenvalue weighted by molar-refractivity contribution is 6.01. The highest BCUT2D eigenvalue weighted by Crippen LogP contribution is 2.33. The minimum atomic E-state index is -1.32. The number of anilines is 1. The van der Waals surface area contributed by atoms with Crippen LogP contribution in [0.1, 0.15) is 34.6 Å². The van der Waals surface area contributed by atoms with E-state index in [1.165, 1.54) is 86.2 Å². The zero-order valence-electron chi connectivity index (χ0n) is 46.5. The van der Waals surface area contributed by atoms with Gasteiger partial charge in [-0.2, -0.15) is 0 Å². The Kier molecular flexibility index (Phi) is 34.3. The molecule has 5 rings (SSSR count). The van der Waals surface area contributed by atoms with Gasteiger partial charge in [-0.15, -0.1) is 0 Å². The smallest absolute Gasteiger partial charge is 0.324 e. The van der Waals surface area contributed by atoms with Crippen LogP contribution in [0.4, 0.5) is 32.8 Å². The number of esters is 5. The number of benzene rings is 5. The fraction of sp³-hybridized carbons (Fsp3) is 0.327. The van der Waals surface area contributed by atoms with Gasteiger partial charge in [-0.1, -0.05) is 24.3 Å². The van der Waals surface area contributed by atoms with E-state index in [9.17, 15) is 68.8 Å². The predicted octanol–water partition coefficient (Wildman–Crippen LogP) is 5.77. The maximum atomic E-state index is 12.5. The van der Waals surface area contributed by atoms with E-state index in [1.54, 1.807) is 25.3 Å². The van der Waals surface area contributed by atoms with Crippen molar-refractivity contribution in [3.05, 3.63) is 160 Å². The van der Waals surface area contributed by atoms with Crippen LogP contribution < -0.4 is 29.4 Å². The lowest BCUT2D eigenvalue weighted by molar-refractivity contribution is -0.385. The van der Waals surface area contributed by atoms with Crippen LogP contribution in [0.5, 0.6) is 28.7 Å². The molecular weight excluding hydrogens is 1110 g/mol.